The average Bonchev–Trinajstić information content (AvgIpc) is 2.64. The molecule has 0 atom stereocenters. The number of hydrogen-bond acceptors (Lipinski definition) is 3. The van der Waals surface area contributed by atoms with E-state index in [0.29, 0.717) is 31.5 Å². The lowest BCUT2D eigenvalue weighted by atomic mass is 9.96. The second-order valence-corrected chi connectivity index (χ2v) is 6.68. The Morgan fingerprint density at radius 3 is 2.58 bits per heavy atom. The maximum Gasteiger partial charge on any atom is 0.315 e. The number of rotatable bonds is 8. The molecule has 1 aliphatic carbocycles. The van der Waals surface area contributed by atoms with Crippen molar-refractivity contribution in [1.29, 1.82) is 0 Å². The van der Waals surface area contributed by atoms with Gasteiger partial charge in [0.05, 0.1) is 0 Å². The highest BCUT2D eigenvalue weighted by molar-refractivity contribution is 5.92. The second kappa shape index (κ2) is 10.4. The quantitative estimate of drug-likeness (QED) is 0.530. The summed E-state index contributed by atoms with van der Waals surface area (Å²) in [5.41, 5.74) is 6.48. The second-order valence-electron chi connectivity index (χ2n) is 6.68. The minimum absolute atomic E-state index is 0.0935. The molecule has 0 unspecified atom stereocenters. The fourth-order valence-electron chi connectivity index (χ4n) is 3.06. The Bertz CT molecular complexity index is 627. The summed E-state index contributed by atoms with van der Waals surface area (Å²) in [7, 11) is 0. The normalized spacial score (nSPS) is 14.5. The van der Waals surface area contributed by atoms with Crippen LogP contribution in [0.4, 0.5) is 4.79 Å². The molecule has 4 amide bonds. The van der Waals surface area contributed by atoms with Crippen LogP contribution in [0.3, 0.4) is 0 Å². The first-order chi connectivity index (χ1) is 12.5. The molecule has 1 aromatic carbocycles. The van der Waals surface area contributed by atoms with Crippen LogP contribution in [0.1, 0.15) is 60.9 Å². The van der Waals surface area contributed by atoms with Crippen LogP contribution < -0.4 is 21.7 Å². The van der Waals surface area contributed by atoms with Crippen molar-refractivity contribution >= 4 is 17.8 Å². The van der Waals surface area contributed by atoms with Gasteiger partial charge in [0.2, 0.25) is 11.8 Å². The summed E-state index contributed by atoms with van der Waals surface area (Å²) < 4.78 is 0. The number of benzene rings is 1. The standard InChI is InChI=1S/C19H28N4O3/c20-18(25)15-7-4-6-14(12-15)13-22-17(24)10-5-11-21-19(26)23-16-8-2-1-3-9-16/h4,6-7,12,16H,1-3,5,8-11,13H2,(H2,20,25)(H,22,24)(H2,21,23,26). The third-order valence-electron chi connectivity index (χ3n) is 4.51. The summed E-state index contributed by atoms with van der Waals surface area (Å²) >= 11 is 0. The van der Waals surface area contributed by atoms with Crippen LogP contribution in [0.5, 0.6) is 0 Å². The van der Waals surface area contributed by atoms with Gasteiger partial charge in [-0.2, -0.15) is 0 Å². The molecule has 5 N–H and O–H groups in total. The molecule has 0 radical (unpaired) electrons. The topological polar surface area (TPSA) is 113 Å². The molecule has 2 rings (SSSR count). The van der Waals surface area contributed by atoms with Crippen LogP contribution in [0.25, 0.3) is 0 Å². The van der Waals surface area contributed by atoms with Crippen molar-refractivity contribution in [2.75, 3.05) is 6.54 Å². The smallest absolute Gasteiger partial charge is 0.315 e. The number of nitrogens with two attached hydrogens (primary N) is 1. The third-order valence-corrected chi connectivity index (χ3v) is 4.51. The van der Waals surface area contributed by atoms with E-state index in [1.54, 1.807) is 18.2 Å². The number of primary amides is 1. The molecule has 0 bridgehead atoms. The number of urea groups is 1. The zero-order chi connectivity index (χ0) is 18.8. The van der Waals surface area contributed by atoms with E-state index in [1.165, 1.54) is 19.3 Å². The first kappa shape index (κ1) is 19.8. The van der Waals surface area contributed by atoms with Gasteiger partial charge in [-0.15, -0.1) is 0 Å². The number of hydrogen-bond donors (Lipinski definition) is 4. The van der Waals surface area contributed by atoms with Crippen LogP contribution in [-0.4, -0.2) is 30.4 Å². The fourth-order valence-corrected chi connectivity index (χ4v) is 3.06. The predicted molar refractivity (Wildman–Crippen MR) is 99.4 cm³/mol. The molecule has 1 aromatic rings. The minimum atomic E-state index is -0.490. The monoisotopic (exact) mass is 360 g/mol. The Labute approximate surface area is 154 Å². The van der Waals surface area contributed by atoms with Gasteiger partial charge in [-0.05, 0) is 37.0 Å². The summed E-state index contributed by atoms with van der Waals surface area (Å²) in [6, 6.07) is 6.99. The van der Waals surface area contributed by atoms with E-state index in [1.807, 2.05) is 6.07 Å². The van der Waals surface area contributed by atoms with Crippen molar-refractivity contribution in [2.24, 2.45) is 5.73 Å². The Morgan fingerprint density at radius 1 is 1.08 bits per heavy atom. The first-order valence-corrected chi connectivity index (χ1v) is 9.24. The zero-order valence-electron chi connectivity index (χ0n) is 15.1. The molecule has 7 heteroatoms. The summed E-state index contributed by atoms with van der Waals surface area (Å²) in [6.07, 6.45) is 6.60. The van der Waals surface area contributed by atoms with E-state index >= 15 is 0 Å². The third kappa shape index (κ3) is 7.13. The fraction of sp³-hybridized carbons (Fsp3) is 0.526. The molecule has 0 heterocycles. The van der Waals surface area contributed by atoms with E-state index in [-0.39, 0.29) is 18.0 Å². The lowest BCUT2D eigenvalue weighted by molar-refractivity contribution is -0.121. The Kier molecular flexibility index (Phi) is 7.92. The van der Waals surface area contributed by atoms with Crippen LogP contribution in [0.15, 0.2) is 24.3 Å². The maximum absolute atomic E-state index is 11.9. The summed E-state index contributed by atoms with van der Waals surface area (Å²) in [5.74, 6) is -0.584. The highest BCUT2D eigenvalue weighted by atomic mass is 16.2. The van der Waals surface area contributed by atoms with Crippen molar-refractivity contribution in [3.63, 3.8) is 0 Å². The van der Waals surface area contributed by atoms with Gasteiger partial charge in [0.15, 0.2) is 0 Å². The van der Waals surface area contributed by atoms with E-state index in [9.17, 15) is 14.4 Å². The SMILES string of the molecule is NC(=O)c1cccc(CNC(=O)CCCNC(=O)NC2CCCCC2)c1. The molecule has 1 saturated carbocycles. The van der Waals surface area contributed by atoms with Gasteiger partial charge in [0.1, 0.15) is 0 Å². The predicted octanol–water partition coefficient (Wildman–Crippen LogP) is 1.81. The highest BCUT2D eigenvalue weighted by Gasteiger charge is 2.15. The maximum atomic E-state index is 11.9. The van der Waals surface area contributed by atoms with Crippen molar-refractivity contribution < 1.29 is 14.4 Å². The van der Waals surface area contributed by atoms with Crippen molar-refractivity contribution in [3.8, 4) is 0 Å². The van der Waals surface area contributed by atoms with Crippen LogP contribution in [0.2, 0.25) is 0 Å². The molecule has 0 aliphatic heterocycles. The van der Waals surface area contributed by atoms with Gasteiger partial charge in [0, 0.05) is 31.1 Å². The summed E-state index contributed by atoms with van der Waals surface area (Å²) in [4.78, 5) is 34.8. The van der Waals surface area contributed by atoms with Gasteiger partial charge >= 0.3 is 6.03 Å². The van der Waals surface area contributed by atoms with E-state index in [0.717, 1.165) is 18.4 Å². The molecule has 1 fully saturated rings. The van der Waals surface area contributed by atoms with Gasteiger partial charge in [-0.3, -0.25) is 9.59 Å². The number of nitrogens with one attached hydrogen (secondary N) is 3. The number of carbonyl (C=O) groups excluding carboxylic acids is 3. The highest BCUT2D eigenvalue weighted by Crippen LogP contribution is 2.17. The lowest BCUT2D eigenvalue weighted by Crippen LogP contribution is -2.43. The number of amides is 4. The molecule has 26 heavy (non-hydrogen) atoms. The zero-order valence-corrected chi connectivity index (χ0v) is 15.1. The molecule has 1 aliphatic rings. The van der Waals surface area contributed by atoms with Gasteiger partial charge in [-0.25, -0.2) is 4.79 Å². The van der Waals surface area contributed by atoms with Gasteiger partial charge in [0.25, 0.3) is 0 Å². The molecule has 0 saturated heterocycles. The van der Waals surface area contributed by atoms with Crippen molar-refractivity contribution in [1.82, 2.24) is 16.0 Å². The molecular weight excluding hydrogens is 332 g/mol. The van der Waals surface area contributed by atoms with E-state index in [2.05, 4.69) is 16.0 Å². The Balaban J connectivity index is 1.58. The van der Waals surface area contributed by atoms with E-state index in [4.69, 9.17) is 5.73 Å². The average molecular weight is 360 g/mol. The molecule has 0 aromatic heterocycles. The van der Waals surface area contributed by atoms with Crippen LogP contribution >= 0.6 is 0 Å². The number of carbonyl (C=O) groups is 3. The lowest BCUT2D eigenvalue weighted by Gasteiger charge is -2.22. The molecule has 0 spiro atoms. The van der Waals surface area contributed by atoms with Crippen molar-refractivity contribution in [3.05, 3.63) is 35.4 Å². The largest absolute Gasteiger partial charge is 0.366 e. The van der Waals surface area contributed by atoms with Gasteiger partial charge < -0.3 is 21.7 Å². The Hall–Kier alpha value is -2.57. The molecule has 7 nitrogen and oxygen atoms in total. The summed E-state index contributed by atoms with van der Waals surface area (Å²) in [5, 5.41) is 8.58. The minimum Gasteiger partial charge on any atom is -0.366 e. The van der Waals surface area contributed by atoms with Crippen LogP contribution in [0, 0.1) is 0 Å². The van der Waals surface area contributed by atoms with Crippen LogP contribution in [-0.2, 0) is 11.3 Å². The van der Waals surface area contributed by atoms with Gasteiger partial charge in [-0.1, -0.05) is 31.4 Å². The summed E-state index contributed by atoms with van der Waals surface area (Å²) in [6.45, 7) is 0.804. The van der Waals surface area contributed by atoms with Crippen molar-refractivity contribution in [2.45, 2.75) is 57.5 Å². The van der Waals surface area contributed by atoms with E-state index < -0.39 is 5.91 Å². The molecular formula is C19H28N4O3. The first-order valence-electron chi connectivity index (χ1n) is 9.24. The molecule has 142 valence electrons. The Morgan fingerprint density at radius 2 is 1.85 bits per heavy atom.